The van der Waals surface area contributed by atoms with E-state index < -0.39 is 0 Å². The van der Waals surface area contributed by atoms with Crippen LogP contribution in [0.3, 0.4) is 0 Å². The summed E-state index contributed by atoms with van der Waals surface area (Å²) in [7, 11) is 0. The first-order valence-electron chi connectivity index (χ1n) is 5.23. The van der Waals surface area contributed by atoms with Gasteiger partial charge in [-0.3, -0.25) is 9.59 Å². The van der Waals surface area contributed by atoms with Crippen LogP contribution in [0.2, 0.25) is 0 Å². The van der Waals surface area contributed by atoms with Crippen LogP contribution in [0.15, 0.2) is 23.8 Å². The van der Waals surface area contributed by atoms with Gasteiger partial charge in [-0.15, -0.1) is 0 Å². The Balaban J connectivity index is 2.42. The topological polar surface area (TPSA) is 52.6 Å². The summed E-state index contributed by atoms with van der Waals surface area (Å²) in [6.07, 6.45) is 7.09. The molecule has 88 valence electrons. The van der Waals surface area contributed by atoms with Crippen molar-refractivity contribution in [3.8, 4) is 0 Å². The smallest absolute Gasteiger partial charge is 0.303 e. The van der Waals surface area contributed by atoms with Crippen LogP contribution in [0, 0.1) is 0 Å². The Hall–Kier alpha value is -1.58. The van der Waals surface area contributed by atoms with E-state index in [4.69, 9.17) is 9.47 Å². The molecule has 1 rings (SSSR count). The SMILES string of the molecule is CC(=O)OC[C@@H](CC1=CC=CC1)OC(C)=O. The molecule has 1 atom stereocenters. The second kappa shape index (κ2) is 6.10. The molecule has 16 heavy (non-hydrogen) atoms. The highest BCUT2D eigenvalue weighted by Crippen LogP contribution is 2.18. The van der Waals surface area contributed by atoms with E-state index in [1.807, 2.05) is 18.2 Å². The van der Waals surface area contributed by atoms with Gasteiger partial charge in [0.05, 0.1) is 0 Å². The van der Waals surface area contributed by atoms with E-state index in [0.29, 0.717) is 6.42 Å². The average molecular weight is 224 g/mol. The molecular weight excluding hydrogens is 208 g/mol. The molecule has 0 radical (unpaired) electrons. The largest absolute Gasteiger partial charge is 0.462 e. The monoisotopic (exact) mass is 224 g/mol. The number of esters is 2. The standard InChI is InChI=1S/C12H16O4/c1-9(13)15-8-12(16-10(2)14)7-11-5-3-4-6-11/h3-5,12H,6-8H2,1-2H3/t12-/m1/s1. The lowest BCUT2D eigenvalue weighted by Crippen LogP contribution is -2.24. The van der Waals surface area contributed by atoms with Gasteiger partial charge < -0.3 is 9.47 Å². The van der Waals surface area contributed by atoms with Crippen molar-refractivity contribution < 1.29 is 19.1 Å². The molecule has 0 aromatic rings. The van der Waals surface area contributed by atoms with E-state index in [1.165, 1.54) is 19.4 Å². The Morgan fingerprint density at radius 1 is 1.38 bits per heavy atom. The molecule has 4 nitrogen and oxygen atoms in total. The second-order valence-electron chi connectivity index (χ2n) is 3.70. The van der Waals surface area contributed by atoms with Gasteiger partial charge >= 0.3 is 11.9 Å². The Morgan fingerprint density at radius 3 is 2.62 bits per heavy atom. The zero-order valence-corrected chi connectivity index (χ0v) is 9.56. The molecule has 0 fully saturated rings. The predicted octanol–water partition coefficient (Wildman–Crippen LogP) is 1.76. The van der Waals surface area contributed by atoms with Crippen LogP contribution in [-0.2, 0) is 19.1 Å². The molecule has 0 aromatic carbocycles. The minimum Gasteiger partial charge on any atom is -0.462 e. The first-order valence-corrected chi connectivity index (χ1v) is 5.23. The van der Waals surface area contributed by atoms with Gasteiger partial charge in [0.25, 0.3) is 0 Å². The lowest BCUT2D eigenvalue weighted by molar-refractivity contribution is -0.156. The van der Waals surface area contributed by atoms with E-state index in [1.54, 1.807) is 0 Å². The summed E-state index contributed by atoms with van der Waals surface area (Å²) < 4.78 is 9.93. The van der Waals surface area contributed by atoms with Crippen LogP contribution < -0.4 is 0 Å². The van der Waals surface area contributed by atoms with Crippen molar-refractivity contribution in [3.05, 3.63) is 23.8 Å². The Morgan fingerprint density at radius 2 is 2.12 bits per heavy atom. The highest BCUT2D eigenvalue weighted by molar-refractivity contribution is 5.67. The maximum Gasteiger partial charge on any atom is 0.303 e. The number of hydrogen-bond acceptors (Lipinski definition) is 4. The summed E-state index contributed by atoms with van der Waals surface area (Å²) in [6, 6.07) is 0. The minimum absolute atomic E-state index is 0.117. The fraction of sp³-hybridized carbons (Fsp3) is 0.500. The fourth-order valence-electron chi connectivity index (χ4n) is 1.52. The second-order valence-corrected chi connectivity index (χ2v) is 3.70. The van der Waals surface area contributed by atoms with Gasteiger partial charge in [0.1, 0.15) is 12.7 Å². The van der Waals surface area contributed by atoms with E-state index in [-0.39, 0.29) is 24.6 Å². The molecule has 1 aliphatic rings. The lowest BCUT2D eigenvalue weighted by atomic mass is 10.1. The van der Waals surface area contributed by atoms with Crippen LogP contribution in [0.4, 0.5) is 0 Å². The first kappa shape index (κ1) is 12.5. The average Bonchev–Trinajstić information content (AvgIpc) is 2.66. The first-order chi connectivity index (χ1) is 7.58. The zero-order chi connectivity index (χ0) is 12.0. The van der Waals surface area contributed by atoms with Crippen LogP contribution in [0.5, 0.6) is 0 Å². The third-order valence-corrected chi connectivity index (χ3v) is 2.14. The van der Waals surface area contributed by atoms with Crippen molar-refractivity contribution in [1.29, 1.82) is 0 Å². The third-order valence-electron chi connectivity index (χ3n) is 2.14. The summed E-state index contributed by atoms with van der Waals surface area (Å²) in [5, 5.41) is 0. The molecule has 0 amide bonds. The van der Waals surface area contributed by atoms with Gasteiger partial charge in [0.15, 0.2) is 0 Å². The molecule has 0 N–H and O–H groups in total. The molecule has 0 heterocycles. The van der Waals surface area contributed by atoms with Crippen molar-refractivity contribution in [2.75, 3.05) is 6.61 Å². The number of carbonyl (C=O) groups is 2. The van der Waals surface area contributed by atoms with Gasteiger partial charge in [0, 0.05) is 20.3 Å². The number of rotatable bonds is 5. The molecule has 4 heteroatoms. The Kier molecular flexibility index (Phi) is 4.76. The maximum absolute atomic E-state index is 10.9. The summed E-state index contributed by atoms with van der Waals surface area (Å²) in [6.45, 7) is 2.80. The molecule has 0 spiro atoms. The molecule has 0 saturated carbocycles. The van der Waals surface area contributed by atoms with E-state index in [9.17, 15) is 9.59 Å². The summed E-state index contributed by atoms with van der Waals surface area (Å²) in [4.78, 5) is 21.6. The minimum atomic E-state index is -0.382. The van der Waals surface area contributed by atoms with Gasteiger partial charge in [-0.2, -0.15) is 0 Å². The van der Waals surface area contributed by atoms with Crippen molar-refractivity contribution in [3.63, 3.8) is 0 Å². The number of allylic oxidation sites excluding steroid dienone is 3. The normalized spacial score (nSPS) is 15.5. The summed E-state index contributed by atoms with van der Waals surface area (Å²) in [5.41, 5.74) is 1.18. The lowest BCUT2D eigenvalue weighted by Gasteiger charge is -2.17. The molecule has 0 aliphatic heterocycles. The molecule has 0 unspecified atom stereocenters. The van der Waals surface area contributed by atoms with Gasteiger partial charge in [-0.25, -0.2) is 0 Å². The maximum atomic E-state index is 10.9. The van der Waals surface area contributed by atoms with Crippen LogP contribution in [0.1, 0.15) is 26.7 Å². The van der Waals surface area contributed by atoms with Crippen molar-refractivity contribution in [2.24, 2.45) is 0 Å². The third kappa shape index (κ3) is 4.77. The Bertz CT molecular complexity index is 328. The predicted molar refractivity (Wildman–Crippen MR) is 58.6 cm³/mol. The quantitative estimate of drug-likeness (QED) is 0.668. The fourth-order valence-corrected chi connectivity index (χ4v) is 1.52. The van der Waals surface area contributed by atoms with Gasteiger partial charge in [-0.1, -0.05) is 23.8 Å². The molecule has 0 aromatic heterocycles. The molecule has 0 saturated heterocycles. The molecule has 0 bridgehead atoms. The number of carbonyl (C=O) groups excluding carboxylic acids is 2. The number of hydrogen-bond donors (Lipinski definition) is 0. The zero-order valence-electron chi connectivity index (χ0n) is 9.56. The van der Waals surface area contributed by atoms with Crippen molar-refractivity contribution >= 4 is 11.9 Å². The molecular formula is C12H16O4. The number of ether oxygens (including phenoxy) is 2. The van der Waals surface area contributed by atoms with Gasteiger partial charge in [0.2, 0.25) is 0 Å². The van der Waals surface area contributed by atoms with Crippen molar-refractivity contribution in [2.45, 2.75) is 32.8 Å². The van der Waals surface area contributed by atoms with E-state index in [0.717, 1.165) is 6.42 Å². The summed E-state index contributed by atoms with van der Waals surface area (Å²) >= 11 is 0. The highest BCUT2D eigenvalue weighted by atomic mass is 16.6. The molecule has 1 aliphatic carbocycles. The van der Waals surface area contributed by atoms with Gasteiger partial charge in [-0.05, 0) is 6.42 Å². The van der Waals surface area contributed by atoms with Crippen molar-refractivity contribution in [1.82, 2.24) is 0 Å². The van der Waals surface area contributed by atoms with Crippen LogP contribution in [-0.4, -0.2) is 24.6 Å². The van der Waals surface area contributed by atoms with Crippen LogP contribution >= 0.6 is 0 Å². The summed E-state index contributed by atoms with van der Waals surface area (Å²) in [5.74, 6) is -0.723. The van der Waals surface area contributed by atoms with E-state index >= 15 is 0 Å². The van der Waals surface area contributed by atoms with E-state index in [2.05, 4.69) is 0 Å². The van der Waals surface area contributed by atoms with Crippen LogP contribution in [0.25, 0.3) is 0 Å². The highest BCUT2D eigenvalue weighted by Gasteiger charge is 2.16. The Labute approximate surface area is 94.9 Å².